The predicted molar refractivity (Wildman–Crippen MR) is 35.9 cm³/mol. The third-order valence-corrected chi connectivity index (χ3v) is 1.40. The first-order valence-corrected chi connectivity index (χ1v) is 3.21. The van der Waals surface area contributed by atoms with Crippen LogP contribution in [0.5, 0.6) is 0 Å². The van der Waals surface area contributed by atoms with E-state index in [-0.39, 0.29) is 6.04 Å². The average molecular weight is 141 g/mol. The number of nitrogens with one attached hydrogen (secondary N) is 1. The van der Waals surface area contributed by atoms with Crippen molar-refractivity contribution >= 4 is 0 Å². The molecule has 0 saturated carbocycles. The molecule has 0 aliphatic rings. The van der Waals surface area contributed by atoms with E-state index in [1.54, 1.807) is 0 Å². The van der Waals surface area contributed by atoms with Crippen LogP contribution >= 0.6 is 0 Å². The monoisotopic (exact) mass is 141 g/mol. The van der Waals surface area contributed by atoms with E-state index in [1.165, 1.54) is 0 Å². The number of H-pyrrole nitrogens is 1. The summed E-state index contributed by atoms with van der Waals surface area (Å²) in [5, 5.41) is 13.2. The Morgan fingerprint density at radius 1 is 1.50 bits per heavy atom. The van der Waals surface area contributed by atoms with Crippen molar-refractivity contribution in [2.45, 2.75) is 19.9 Å². The molecule has 5 heteroatoms. The fraction of sp³-hybridized carbons (Fsp3) is 0.800. The molecule has 0 aliphatic heterocycles. The molecular weight excluding hydrogens is 130 g/mol. The Bertz CT molecular complexity index is 180. The van der Waals surface area contributed by atoms with Gasteiger partial charge in [-0.2, -0.15) is 0 Å². The largest absolute Gasteiger partial charge is 0.321 e. The molecule has 3 N–H and O–H groups in total. The van der Waals surface area contributed by atoms with Gasteiger partial charge in [0.1, 0.15) is 0 Å². The van der Waals surface area contributed by atoms with E-state index in [2.05, 4.69) is 20.6 Å². The van der Waals surface area contributed by atoms with Gasteiger partial charge in [0, 0.05) is 0 Å². The van der Waals surface area contributed by atoms with Crippen molar-refractivity contribution in [1.82, 2.24) is 20.6 Å². The standard InChI is InChI=1S/C5H11N5/c1-3(2)4(6)5-7-9-10-8-5/h3-4H,6H2,1-2H3,(H,7,8,9,10). The highest BCUT2D eigenvalue weighted by Crippen LogP contribution is 2.12. The molecule has 0 bridgehead atoms. The van der Waals surface area contributed by atoms with Gasteiger partial charge in [0.05, 0.1) is 6.04 Å². The first-order chi connectivity index (χ1) is 4.72. The number of nitrogens with two attached hydrogens (primary N) is 1. The Morgan fingerprint density at radius 2 is 2.20 bits per heavy atom. The van der Waals surface area contributed by atoms with Crippen molar-refractivity contribution in [3.63, 3.8) is 0 Å². The summed E-state index contributed by atoms with van der Waals surface area (Å²) in [6, 6.07) is -0.0880. The molecule has 0 amide bonds. The summed E-state index contributed by atoms with van der Waals surface area (Å²) in [4.78, 5) is 0. The molecule has 1 aromatic rings. The molecule has 1 aromatic heterocycles. The van der Waals surface area contributed by atoms with Gasteiger partial charge in [-0.1, -0.05) is 13.8 Å². The fourth-order valence-electron chi connectivity index (χ4n) is 0.623. The van der Waals surface area contributed by atoms with E-state index in [0.717, 1.165) is 0 Å². The Hall–Kier alpha value is -0.970. The van der Waals surface area contributed by atoms with Crippen LogP contribution in [0.1, 0.15) is 25.7 Å². The zero-order valence-electron chi connectivity index (χ0n) is 6.07. The zero-order chi connectivity index (χ0) is 7.56. The molecule has 10 heavy (non-hydrogen) atoms. The lowest BCUT2D eigenvalue weighted by molar-refractivity contribution is 0.490. The van der Waals surface area contributed by atoms with Gasteiger partial charge in [0.2, 0.25) is 0 Å². The third kappa shape index (κ3) is 1.30. The van der Waals surface area contributed by atoms with Gasteiger partial charge in [0.25, 0.3) is 0 Å². The van der Waals surface area contributed by atoms with Crippen molar-refractivity contribution < 1.29 is 0 Å². The number of tetrazole rings is 1. The molecule has 56 valence electrons. The highest BCUT2D eigenvalue weighted by Gasteiger charge is 2.12. The second kappa shape index (κ2) is 2.74. The first kappa shape index (κ1) is 7.14. The molecule has 1 atom stereocenters. The van der Waals surface area contributed by atoms with Gasteiger partial charge in [-0.15, -0.1) is 5.10 Å². The molecule has 0 radical (unpaired) electrons. The van der Waals surface area contributed by atoms with Crippen LogP contribution in [0.15, 0.2) is 0 Å². The smallest absolute Gasteiger partial charge is 0.165 e. The molecule has 0 saturated heterocycles. The number of aromatic nitrogens is 4. The lowest BCUT2D eigenvalue weighted by atomic mass is 10.1. The van der Waals surface area contributed by atoms with Crippen LogP contribution in [-0.4, -0.2) is 20.6 Å². The van der Waals surface area contributed by atoms with E-state index in [4.69, 9.17) is 5.73 Å². The van der Waals surface area contributed by atoms with Gasteiger partial charge in [0.15, 0.2) is 5.82 Å². The van der Waals surface area contributed by atoms with Crippen molar-refractivity contribution in [2.75, 3.05) is 0 Å². The Labute approximate surface area is 59.0 Å². The highest BCUT2D eigenvalue weighted by molar-refractivity contribution is 4.87. The number of hydrogen-bond acceptors (Lipinski definition) is 4. The SMILES string of the molecule is CC(C)C(N)c1nnn[nH]1. The van der Waals surface area contributed by atoms with Crippen molar-refractivity contribution in [3.8, 4) is 0 Å². The Kier molecular flexibility index (Phi) is 1.96. The average Bonchev–Trinajstić information content (AvgIpc) is 2.36. The summed E-state index contributed by atoms with van der Waals surface area (Å²) in [7, 11) is 0. The van der Waals surface area contributed by atoms with Gasteiger partial charge >= 0.3 is 0 Å². The first-order valence-electron chi connectivity index (χ1n) is 3.21. The minimum absolute atomic E-state index is 0.0880. The molecule has 0 fully saturated rings. The second-order valence-electron chi connectivity index (χ2n) is 2.56. The lowest BCUT2D eigenvalue weighted by Gasteiger charge is -2.09. The van der Waals surface area contributed by atoms with Crippen molar-refractivity contribution in [2.24, 2.45) is 11.7 Å². The van der Waals surface area contributed by atoms with E-state index in [1.807, 2.05) is 13.8 Å². The fourth-order valence-corrected chi connectivity index (χ4v) is 0.623. The number of rotatable bonds is 2. The molecular formula is C5H11N5. The summed E-state index contributed by atoms with van der Waals surface area (Å²) in [6.45, 7) is 4.04. The van der Waals surface area contributed by atoms with Gasteiger partial charge in [-0.3, -0.25) is 0 Å². The van der Waals surface area contributed by atoms with Gasteiger partial charge < -0.3 is 5.73 Å². The minimum atomic E-state index is -0.0880. The normalized spacial score (nSPS) is 14.0. The van der Waals surface area contributed by atoms with E-state index in [9.17, 15) is 0 Å². The topological polar surface area (TPSA) is 80.5 Å². The summed E-state index contributed by atoms with van der Waals surface area (Å²) >= 11 is 0. The molecule has 0 aromatic carbocycles. The maximum Gasteiger partial charge on any atom is 0.165 e. The van der Waals surface area contributed by atoms with Crippen molar-refractivity contribution in [1.29, 1.82) is 0 Å². The number of hydrogen-bond donors (Lipinski definition) is 2. The van der Waals surface area contributed by atoms with Gasteiger partial charge in [-0.25, -0.2) is 5.10 Å². The molecule has 0 aliphatic carbocycles. The number of nitrogens with zero attached hydrogens (tertiary/aromatic N) is 3. The van der Waals surface area contributed by atoms with Crippen molar-refractivity contribution in [3.05, 3.63) is 5.82 Å². The maximum absolute atomic E-state index is 5.71. The van der Waals surface area contributed by atoms with Crippen LogP contribution in [0.2, 0.25) is 0 Å². The summed E-state index contributed by atoms with van der Waals surface area (Å²) in [5.41, 5.74) is 5.71. The van der Waals surface area contributed by atoms with Crippen LogP contribution in [0.25, 0.3) is 0 Å². The molecule has 1 rings (SSSR count). The summed E-state index contributed by atoms with van der Waals surface area (Å²) in [6.07, 6.45) is 0. The van der Waals surface area contributed by atoms with E-state index < -0.39 is 0 Å². The van der Waals surface area contributed by atoms with Crippen LogP contribution in [0, 0.1) is 5.92 Å². The van der Waals surface area contributed by atoms with Crippen LogP contribution in [0.3, 0.4) is 0 Å². The number of aromatic amines is 1. The second-order valence-corrected chi connectivity index (χ2v) is 2.56. The Morgan fingerprint density at radius 3 is 2.60 bits per heavy atom. The predicted octanol–water partition coefficient (Wildman–Crippen LogP) is -0.145. The molecule has 1 heterocycles. The summed E-state index contributed by atoms with van der Waals surface area (Å²) in [5.74, 6) is 1.00. The zero-order valence-corrected chi connectivity index (χ0v) is 6.07. The Balaban J connectivity index is 2.68. The van der Waals surface area contributed by atoms with Crippen LogP contribution < -0.4 is 5.73 Å². The van der Waals surface area contributed by atoms with Crippen LogP contribution in [0.4, 0.5) is 0 Å². The third-order valence-electron chi connectivity index (χ3n) is 1.40. The van der Waals surface area contributed by atoms with Gasteiger partial charge in [-0.05, 0) is 16.3 Å². The molecule has 5 nitrogen and oxygen atoms in total. The summed E-state index contributed by atoms with van der Waals surface area (Å²) < 4.78 is 0. The van der Waals surface area contributed by atoms with Crippen LogP contribution in [-0.2, 0) is 0 Å². The molecule has 1 unspecified atom stereocenters. The quantitative estimate of drug-likeness (QED) is 0.600. The van der Waals surface area contributed by atoms with E-state index in [0.29, 0.717) is 11.7 Å². The van der Waals surface area contributed by atoms with E-state index >= 15 is 0 Å². The highest BCUT2D eigenvalue weighted by atomic mass is 15.5. The maximum atomic E-state index is 5.71. The lowest BCUT2D eigenvalue weighted by Crippen LogP contribution is -2.18. The minimum Gasteiger partial charge on any atom is -0.321 e. The molecule has 0 spiro atoms.